The summed E-state index contributed by atoms with van der Waals surface area (Å²) in [7, 11) is 4.03. The maximum atomic E-state index is 12.3. The Bertz CT molecular complexity index is 581. The molecule has 0 spiro atoms. The molecule has 0 amide bonds. The van der Waals surface area contributed by atoms with E-state index < -0.39 is 0 Å². The molecule has 0 fully saturated rings. The Kier molecular flexibility index (Phi) is 4.80. The van der Waals surface area contributed by atoms with Gasteiger partial charge in [0.05, 0.1) is 5.70 Å². The third-order valence-corrected chi connectivity index (χ3v) is 3.45. The average Bonchev–Trinajstić information content (AvgIpc) is 2.47. The summed E-state index contributed by atoms with van der Waals surface area (Å²) in [5.41, 5.74) is 0.576. The van der Waals surface area contributed by atoms with Crippen LogP contribution in [0.5, 0.6) is 0 Å². The van der Waals surface area contributed by atoms with Gasteiger partial charge in [-0.2, -0.15) is 0 Å². The van der Waals surface area contributed by atoms with Crippen molar-refractivity contribution in [2.75, 3.05) is 27.2 Å². The Hall–Kier alpha value is -2.08. The van der Waals surface area contributed by atoms with E-state index in [0.717, 1.165) is 13.0 Å². The van der Waals surface area contributed by atoms with Crippen molar-refractivity contribution in [3.05, 3.63) is 35.6 Å². The highest BCUT2D eigenvalue weighted by Crippen LogP contribution is 2.16. The molecule has 0 bridgehead atoms. The number of carbonyl (C=O) groups excluding carboxylic acids is 2. The number of nitrogens with zero attached hydrogens (tertiary/aromatic N) is 3. The van der Waals surface area contributed by atoms with Crippen LogP contribution >= 0.6 is 0 Å². The van der Waals surface area contributed by atoms with Crippen LogP contribution in [0.3, 0.4) is 0 Å². The van der Waals surface area contributed by atoms with E-state index in [1.807, 2.05) is 14.1 Å². The number of carbonyl (C=O) groups is 2. The molecule has 21 heavy (non-hydrogen) atoms. The Morgan fingerprint density at radius 2 is 1.86 bits per heavy atom. The van der Waals surface area contributed by atoms with Crippen molar-refractivity contribution in [1.82, 2.24) is 20.2 Å². The highest BCUT2D eigenvalue weighted by atomic mass is 16.1. The van der Waals surface area contributed by atoms with Gasteiger partial charge in [-0.3, -0.25) is 9.59 Å². The van der Waals surface area contributed by atoms with Crippen molar-refractivity contribution in [3.63, 3.8) is 0 Å². The molecular weight excluding hydrogens is 268 g/mol. The van der Waals surface area contributed by atoms with Crippen LogP contribution in [-0.2, 0) is 0 Å². The maximum Gasteiger partial charge on any atom is 0.229 e. The highest BCUT2D eigenvalue weighted by Gasteiger charge is 2.28. The molecule has 6 nitrogen and oxygen atoms in total. The topological polar surface area (TPSA) is 75.2 Å². The van der Waals surface area contributed by atoms with Crippen molar-refractivity contribution in [3.8, 4) is 0 Å². The van der Waals surface area contributed by atoms with Gasteiger partial charge in [-0.05, 0) is 20.0 Å². The zero-order valence-electron chi connectivity index (χ0n) is 12.6. The minimum Gasteiger partial charge on any atom is -0.381 e. The van der Waals surface area contributed by atoms with Crippen LogP contribution in [0.25, 0.3) is 0 Å². The van der Waals surface area contributed by atoms with E-state index >= 15 is 0 Å². The molecule has 2 rings (SSSR count). The van der Waals surface area contributed by atoms with E-state index in [2.05, 4.69) is 27.1 Å². The normalized spacial score (nSPS) is 15.7. The standard InChI is InChI=1S/C15H20N4O2/c1-4-10(9-19(2)3)8-18-11-7-12(20)13-14(15(11)21)17-6-5-16-13/h5-7,10,18H,4,8-9H2,1-3H3. The second-order valence-corrected chi connectivity index (χ2v) is 5.42. The number of fused-ring (bicyclic) bond motifs is 1. The Balaban J connectivity index is 2.08. The molecule has 0 aromatic carbocycles. The fraction of sp³-hybridized carbons (Fsp3) is 0.467. The van der Waals surface area contributed by atoms with Gasteiger partial charge in [0, 0.05) is 31.6 Å². The van der Waals surface area contributed by atoms with E-state index in [0.29, 0.717) is 18.2 Å². The quantitative estimate of drug-likeness (QED) is 0.839. The van der Waals surface area contributed by atoms with Gasteiger partial charge in [-0.25, -0.2) is 9.97 Å². The predicted octanol–water partition coefficient (Wildman–Crippen LogP) is 0.917. The van der Waals surface area contributed by atoms with Crippen LogP contribution in [0, 0.1) is 5.92 Å². The minimum atomic E-state index is -0.277. The molecule has 6 heteroatoms. The molecule has 112 valence electrons. The first-order valence-corrected chi connectivity index (χ1v) is 7.03. The number of Topliss-reactive ketones (excluding diaryl/α,β-unsaturated/α-hetero) is 1. The van der Waals surface area contributed by atoms with Crippen molar-refractivity contribution < 1.29 is 9.59 Å². The van der Waals surface area contributed by atoms with E-state index in [1.54, 1.807) is 0 Å². The number of hydrogen-bond donors (Lipinski definition) is 1. The van der Waals surface area contributed by atoms with E-state index in [-0.39, 0.29) is 23.0 Å². The van der Waals surface area contributed by atoms with Gasteiger partial charge in [0.25, 0.3) is 0 Å². The average molecular weight is 288 g/mol. The lowest BCUT2D eigenvalue weighted by Gasteiger charge is -2.22. The molecule has 1 aromatic rings. The number of ketones is 2. The van der Waals surface area contributed by atoms with E-state index in [4.69, 9.17) is 0 Å². The van der Waals surface area contributed by atoms with Crippen LogP contribution in [0.4, 0.5) is 0 Å². The van der Waals surface area contributed by atoms with Crippen LogP contribution in [0.2, 0.25) is 0 Å². The van der Waals surface area contributed by atoms with Crippen molar-refractivity contribution in [2.24, 2.45) is 5.92 Å². The smallest absolute Gasteiger partial charge is 0.229 e. The third-order valence-electron chi connectivity index (χ3n) is 3.45. The summed E-state index contributed by atoms with van der Waals surface area (Å²) in [6.45, 7) is 3.68. The Labute approximate surface area is 124 Å². The van der Waals surface area contributed by atoms with E-state index in [9.17, 15) is 9.59 Å². The van der Waals surface area contributed by atoms with Gasteiger partial charge in [0.1, 0.15) is 11.4 Å². The number of nitrogens with one attached hydrogen (secondary N) is 1. The van der Waals surface area contributed by atoms with Crippen molar-refractivity contribution in [2.45, 2.75) is 13.3 Å². The fourth-order valence-corrected chi connectivity index (χ4v) is 2.32. The molecule has 1 atom stereocenters. The lowest BCUT2D eigenvalue weighted by Crippen LogP contribution is -2.34. The summed E-state index contributed by atoms with van der Waals surface area (Å²) in [6.07, 6.45) is 5.16. The largest absolute Gasteiger partial charge is 0.381 e. The molecule has 1 aliphatic carbocycles. The summed E-state index contributed by atoms with van der Waals surface area (Å²) in [4.78, 5) is 34.3. The molecule has 0 saturated heterocycles. The zero-order valence-corrected chi connectivity index (χ0v) is 12.6. The SMILES string of the molecule is CCC(CNC1=CC(=O)c2nccnc2C1=O)CN(C)C. The van der Waals surface area contributed by atoms with Crippen LogP contribution < -0.4 is 5.32 Å². The molecule has 0 saturated carbocycles. The molecule has 1 aromatic heterocycles. The second-order valence-electron chi connectivity index (χ2n) is 5.42. The van der Waals surface area contributed by atoms with Gasteiger partial charge in [0.15, 0.2) is 0 Å². The van der Waals surface area contributed by atoms with Gasteiger partial charge < -0.3 is 10.2 Å². The lowest BCUT2D eigenvalue weighted by molar-refractivity contribution is 0.0969. The predicted molar refractivity (Wildman–Crippen MR) is 79.1 cm³/mol. The van der Waals surface area contributed by atoms with Gasteiger partial charge in [0.2, 0.25) is 11.6 Å². The molecule has 1 N–H and O–H groups in total. The maximum absolute atomic E-state index is 12.3. The highest BCUT2D eigenvalue weighted by molar-refractivity contribution is 6.22. The Morgan fingerprint density at radius 1 is 1.19 bits per heavy atom. The van der Waals surface area contributed by atoms with Gasteiger partial charge in [-0.15, -0.1) is 0 Å². The number of allylic oxidation sites excluding steroid dienone is 2. The molecule has 0 aliphatic heterocycles. The van der Waals surface area contributed by atoms with Gasteiger partial charge in [-0.1, -0.05) is 13.3 Å². The summed E-state index contributed by atoms with van der Waals surface area (Å²) in [5, 5.41) is 3.10. The van der Waals surface area contributed by atoms with Gasteiger partial charge >= 0.3 is 0 Å². The van der Waals surface area contributed by atoms with Crippen molar-refractivity contribution >= 4 is 11.6 Å². The fourth-order valence-electron chi connectivity index (χ4n) is 2.32. The summed E-state index contributed by atoms with van der Waals surface area (Å²) in [5.74, 6) is -0.134. The van der Waals surface area contributed by atoms with Crippen LogP contribution in [0.15, 0.2) is 24.2 Å². The molecule has 1 heterocycles. The zero-order chi connectivity index (χ0) is 15.4. The summed E-state index contributed by atoms with van der Waals surface area (Å²) in [6, 6.07) is 0. The summed E-state index contributed by atoms with van der Waals surface area (Å²) >= 11 is 0. The number of aromatic nitrogens is 2. The molecule has 1 unspecified atom stereocenters. The van der Waals surface area contributed by atoms with Crippen LogP contribution in [0.1, 0.15) is 34.3 Å². The lowest BCUT2D eigenvalue weighted by atomic mass is 10.0. The first-order chi connectivity index (χ1) is 10.0. The second kappa shape index (κ2) is 6.58. The monoisotopic (exact) mass is 288 g/mol. The first-order valence-electron chi connectivity index (χ1n) is 7.03. The van der Waals surface area contributed by atoms with Crippen LogP contribution in [-0.4, -0.2) is 53.6 Å². The number of rotatable bonds is 6. The molecule has 1 aliphatic rings. The molecule has 0 radical (unpaired) electrons. The molecular formula is C15H20N4O2. The third kappa shape index (κ3) is 3.52. The number of hydrogen-bond acceptors (Lipinski definition) is 6. The minimum absolute atomic E-state index is 0.133. The summed E-state index contributed by atoms with van der Waals surface area (Å²) < 4.78 is 0. The first kappa shape index (κ1) is 15.3. The van der Waals surface area contributed by atoms with E-state index in [1.165, 1.54) is 18.5 Å². The van der Waals surface area contributed by atoms with Crippen molar-refractivity contribution in [1.29, 1.82) is 0 Å². The Morgan fingerprint density at radius 3 is 2.48 bits per heavy atom.